The van der Waals surface area contributed by atoms with Crippen molar-refractivity contribution in [2.24, 2.45) is 0 Å². The fourth-order valence-corrected chi connectivity index (χ4v) is 5.36. The molecule has 1 aliphatic rings. The molecule has 0 spiro atoms. The van der Waals surface area contributed by atoms with Crippen molar-refractivity contribution in [1.29, 1.82) is 0 Å². The summed E-state index contributed by atoms with van der Waals surface area (Å²) in [6, 6.07) is 19.5. The Morgan fingerprint density at radius 2 is 1.89 bits per heavy atom. The number of benzene rings is 3. The third-order valence-corrected chi connectivity index (χ3v) is 7.53. The highest BCUT2D eigenvalue weighted by atomic mass is 19.1. The van der Waals surface area contributed by atoms with Gasteiger partial charge in [-0.25, -0.2) is 9.18 Å². The van der Waals surface area contributed by atoms with E-state index in [1.165, 1.54) is 7.11 Å². The highest BCUT2D eigenvalue weighted by Crippen LogP contribution is 2.31. The number of rotatable bonds is 10. The Balaban J connectivity index is 1.37. The second kappa shape index (κ2) is 12.7. The third kappa shape index (κ3) is 6.68. The maximum Gasteiger partial charge on any atom is 0.338 e. The number of aryl methyl sites for hydroxylation is 2. The third-order valence-electron chi connectivity index (χ3n) is 7.53. The highest BCUT2D eigenvalue weighted by Gasteiger charge is 2.27. The molecule has 0 aromatic heterocycles. The summed E-state index contributed by atoms with van der Waals surface area (Å²) >= 11 is 0. The molecule has 3 aromatic rings. The summed E-state index contributed by atoms with van der Waals surface area (Å²) in [7, 11) is 1.38. The van der Waals surface area contributed by atoms with Gasteiger partial charge in [0.05, 0.1) is 31.5 Å². The van der Waals surface area contributed by atoms with Crippen molar-refractivity contribution in [3.05, 3.63) is 94.3 Å². The minimum atomic E-state index is -0.624. The van der Waals surface area contributed by atoms with Crippen LogP contribution < -0.4 is 0 Å². The zero-order valence-corrected chi connectivity index (χ0v) is 22.7. The number of halogens is 1. The number of methoxy groups -OCH3 is 1. The van der Waals surface area contributed by atoms with Crippen LogP contribution in [-0.2, 0) is 15.9 Å². The van der Waals surface area contributed by atoms with Crippen LogP contribution in [0.2, 0.25) is 0 Å². The van der Waals surface area contributed by atoms with Crippen LogP contribution in [0, 0.1) is 19.7 Å². The van der Waals surface area contributed by atoms with Gasteiger partial charge in [-0.15, -0.1) is 0 Å². The summed E-state index contributed by atoms with van der Waals surface area (Å²) in [5.74, 6) is -0.511. The first-order chi connectivity index (χ1) is 18.3. The highest BCUT2D eigenvalue weighted by molar-refractivity contribution is 5.91. The lowest BCUT2D eigenvalue weighted by atomic mass is 9.94. The molecule has 202 valence electrons. The molecule has 4 rings (SSSR count). The molecule has 3 atom stereocenters. The molecular formula is C32H38FNO4. The van der Waals surface area contributed by atoms with Crippen LogP contribution in [0.4, 0.5) is 4.39 Å². The van der Waals surface area contributed by atoms with E-state index in [2.05, 4.69) is 4.90 Å². The molecule has 1 aliphatic heterocycles. The van der Waals surface area contributed by atoms with Crippen molar-refractivity contribution in [3.63, 3.8) is 0 Å². The summed E-state index contributed by atoms with van der Waals surface area (Å²) < 4.78 is 25.0. The predicted octanol–water partition coefficient (Wildman–Crippen LogP) is 6.04. The molecule has 6 heteroatoms. The molecule has 0 aliphatic carbocycles. The number of likely N-dealkylation sites (tertiary alicyclic amines) is 1. The minimum Gasteiger partial charge on any atom is -0.465 e. The summed E-state index contributed by atoms with van der Waals surface area (Å²) in [6.45, 7) is 7.34. The van der Waals surface area contributed by atoms with Gasteiger partial charge in [0, 0.05) is 12.6 Å². The number of hydrogen-bond acceptors (Lipinski definition) is 5. The zero-order chi connectivity index (χ0) is 27.2. The van der Waals surface area contributed by atoms with Crippen molar-refractivity contribution < 1.29 is 23.8 Å². The second-order valence-electron chi connectivity index (χ2n) is 10.3. The van der Waals surface area contributed by atoms with Crippen LogP contribution in [0.5, 0.6) is 0 Å². The van der Waals surface area contributed by atoms with Gasteiger partial charge in [-0.1, -0.05) is 48.5 Å². The van der Waals surface area contributed by atoms with Crippen molar-refractivity contribution in [2.75, 3.05) is 26.8 Å². The van der Waals surface area contributed by atoms with Crippen molar-refractivity contribution in [2.45, 2.75) is 58.3 Å². The molecule has 3 aromatic carbocycles. The molecule has 0 unspecified atom stereocenters. The van der Waals surface area contributed by atoms with E-state index in [1.54, 1.807) is 19.1 Å². The summed E-state index contributed by atoms with van der Waals surface area (Å²) in [5, 5.41) is 10.8. The smallest absolute Gasteiger partial charge is 0.338 e. The van der Waals surface area contributed by atoms with Gasteiger partial charge in [-0.3, -0.25) is 4.90 Å². The van der Waals surface area contributed by atoms with E-state index >= 15 is 0 Å². The average molecular weight is 520 g/mol. The largest absolute Gasteiger partial charge is 0.465 e. The number of β-amino-alcohol motifs (C(OH)–C–C–N with tert-alkyl or cyclic N) is 1. The summed E-state index contributed by atoms with van der Waals surface area (Å²) in [5.41, 5.74) is 6.10. The topological polar surface area (TPSA) is 59.0 Å². The van der Waals surface area contributed by atoms with Crippen LogP contribution in [-0.4, -0.2) is 54.9 Å². The monoisotopic (exact) mass is 519 g/mol. The van der Waals surface area contributed by atoms with Crippen molar-refractivity contribution in [3.8, 4) is 11.1 Å². The Hall–Kier alpha value is -3.06. The minimum absolute atomic E-state index is 0.163. The predicted molar refractivity (Wildman–Crippen MR) is 148 cm³/mol. The van der Waals surface area contributed by atoms with E-state index in [1.807, 2.05) is 62.4 Å². The fourth-order valence-electron chi connectivity index (χ4n) is 5.36. The number of ether oxygens (including phenoxy) is 2. The van der Waals surface area contributed by atoms with Gasteiger partial charge in [0.2, 0.25) is 0 Å². The van der Waals surface area contributed by atoms with E-state index in [9.17, 15) is 14.3 Å². The number of esters is 1. The normalized spacial score (nSPS) is 17.4. The maximum absolute atomic E-state index is 14.0. The molecule has 1 saturated heterocycles. The van der Waals surface area contributed by atoms with Gasteiger partial charge in [0.25, 0.3) is 0 Å². The number of aliphatic hydroxyl groups excluding tert-OH is 1. The lowest BCUT2D eigenvalue weighted by molar-refractivity contribution is -0.0169. The number of nitrogens with zero attached hydrogens (tertiary/aromatic N) is 1. The molecule has 0 amide bonds. The van der Waals surface area contributed by atoms with E-state index < -0.39 is 6.10 Å². The first-order valence-corrected chi connectivity index (χ1v) is 13.3. The van der Waals surface area contributed by atoms with E-state index in [0.29, 0.717) is 23.7 Å². The van der Waals surface area contributed by atoms with E-state index in [0.717, 1.165) is 53.6 Å². The van der Waals surface area contributed by atoms with Crippen LogP contribution in [0.15, 0.2) is 60.7 Å². The molecule has 1 N–H and O–H groups in total. The van der Waals surface area contributed by atoms with Gasteiger partial charge >= 0.3 is 5.97 Å². The molecule has 0 saturated carbocycles. The maximum atomic E-state index is 14.0. The van der Waals surface area contributed by atoms with Crippen molar-refractivity contribution in [1.82, 2.24) is 4.90 Å². The number of carbonyl (C=O) groups excluding carboxylic acids is 1. The first-order valence-electron chi connectivity index (χ1n) is 13.3. The molecule has 0 radical (unpaired) electrons. The number of hydrogen-bond donors (Lipinski definition) is 1. The van der Waals surface area contributed by atoms with E-state index in [4.69, 9.17) is 9.47 Å². The van der Waals surface area contributed by atoms with Gasteiger partial charge in [-0.05, 0) is 92.1 Å². The van der Waals surface area contributed by atoms with Gasteiger partial charge in [-0.2, -0.15) is 0 Å². The SMILES string of the molecule is COC(=O)c1ccc(-c2ccccc2[C@@H](C)OC[C@H](O)CN2CCC[C@H]2Cc2ccc(C)c(F)c2)cc1C. The van der Waals surface area contributed by atoms with Crippen LogP contribution in [0.3, 0.4) is 0 Å². The Bertz CT molecular complexity index is 1260. The summed E-state index contributed by atoms with van der Waals surface area (Å²) in [4.78, 5) is 14.3. The molecule has 1 fully saturated rings. The molecule has 38 heavy (non-hydrogen) atoms. The summed E-state index contributed by atoms with van der Waals surface area (Å²) in [6.07, 6.45) is 2.04. The molecule has 0 bridgehead atoms. The number of aliphatic hydroxyl groups is 1. The van der Waals surface area contributed by atoms with Crippen LogP contribution in [0.25, 0.3) is 11.1 Å². The molecule has 5 nitrogen and oxygen atoms in total. The lowest BCUT2D eigenvalue weighted by Gasteiger charge is -2.28. The Morgan fingerprint density at radius 1 is 1.11 bits per heavy atom. The second-order valence-corrected chi connectivity index (χ2v) is 10.3. The number of carbonyl (C=O) groups is 1. The Morgan fingerprint density at radius 3 is 2.63 bits per heavy atom. The van der Waals surface area contributed by atoms with E-state index in [-0.39, 0.29) is 24.5 Å². The fraction of sp³-hybridized carbons (Fsp3) is 0.406. The Kier molecular flexibility index (Phi) is 9.31. The van der Waals surface area contributed by atoms with Crippen LogP contribution in [0.1, 0.15) is 58.5 Å². The van der Waals surface area contributed by atoms with Crippen molar-refractivity contribution >= 4 is 5.97 Å². The Labute approximate surface area is 225 Å². The quantitative estimate of drug-likeness (QED) is 0.331. The lowest BCUT2D eigenvalue weighted by Crippen LogP contribution is -2.39. The molecular weight excluding hydrogens is 481 g/mol. The zero-order valence-electron chi connectivity index (χ0n) is 22.7. The van der Waals surface area contributed by atoms with Gasteiger partial charge in [0.1, 0.15) is 5.82 Å². The van der Waals surface area contributed by atoms with Gasteiger partial charge in [0.15, 0.2) is 0 Å². The average Bonchev–Trinajstić information content (AvgIpc) is 3.34. The standard InChI is InChI=1S/C32H38FNO4/c1-21-11-12-24(18-31(21)33)17-26-8-7-15-34(26)19-27(35)20-38-23(3)29-9-5-6-10-30(29)25-13-14-28(22(2)16-25)32(36)37-4/h5-6,9-14,16,18,23,26-27,35H,7-8,15,17,19-20H2,1-4H3/t23-,26+,27-/m1/s1. The molecule has 1 heterocycles. The first kappa shape index (κ1) is 28.0. The van der Waals surface area contributed by atoms with Crippen LogP contribution >= 0.6 is 0 Å². The van der Waals surface area contributed by atoms with Gasteiger partial charge < -0.3 is 14.6 Å².